The van der Waals surface area contributed by atoms with Crippen molar-refractivity contribution in [2.24, 2.45) is 0 Å². The number of hydrogen-bond acceptors (Lipinski definition) is 3. The Balaban J connectivity index is 2.83. The number of aryl methyl sites for hydroxylation is 1. The van der Waals surface area contributed by atoms with Gasteiger partial charge >= 0.3 is 0 Å². The third-order valence-corrected chi connectivity index (χ3v) is 2.01. The molecule has 0 spiro atoms. The maximum atomic E-state index is 11.7. The molecule has 4 nitrogen and oxygen atoms in total. The standard InChI is InChI=1S/C11H17N3O/c1-4-5-13-11(15)9-6-8(2)14-10(7-9)12-3/h6-7H,4-5H2,1-3H3,(H,12,14)(H,13,15). The predicted octanol–water partition coefficient (Wildman–Crippen LogP) is 1.57. The largest absolute Gasteiger partial charge is 0.373 e. The van der Waals surface area contributed by atoms with E-state index >= 15 is 0 Å². The van der Waals surface area contributed by atoms with Crippen LogP contribution in [-0.4, -0.2) is 24.5 Å². The van der Waals surface area contributed by atoms with E-state index in [0.717, 1.165) is 17.9 Å². The van der Waals surface area contributed by atoms with Crippen molar-refractivity contribution in [1.29, 1.82) is 0 Å². The van der Waals surface area contributed by atoms with Crippen molar-refractivity contribution < 1.29 is 4.79 Å². The van der Waals surface area contributed by atoms with Gasteiger partial charge in [0.25, 0.3) is 5.91 Å². The number of rotatable bonds is 4. The summed E-state index contributed by atoms with van der Waals surface area (Å²) in [5.74, 6) is 0.676. The van der Waals surface area contributed by atoms with Crippen LogP contribution in [0.5, 0.6) is 0 Å². The molecule has 1 rings (SSSR count). The van der Waals surface area contributed by atoms with Gasteiger partial charge in [-0.15, -0.1) is 0 Å². The van der Waals surface area contributed by atoms with E-state index in [4.69, 9.17) is 0 Å². The molecule has 0 aliphatic rings. The molecule has 0 unspecified atom stereocenters. The molecule has 0 bridgehead atoms. The lowest BCUT2D eigenvalue weighted by atomic mass is 10.2. The lowest BCUT2D eigenvalue weighted by Crippen LogP contribution is -2.24. The first-order valence-electron chi connectivity index (χ1n) is 5.12. The smallest absolute Gasteiger partial charge is 0.251 e. The maximum absolute atomic E-state index is 11.7. The van der Waals surface area contributed by atoms with Crippen molar-refractivity contribution in [2.45, 2.75) is 20.3 Å². The Hall–Kier alpha value is -1.58. The van der Waals surface area contributed by atoms with Gasteiger partial charge in [0.15, 0.2) is 0 Å². The molecule has 0 aliphatic heterocycles. The molecule has 0 aliphatic carbocycles. The summed E-state index contributed by atoms with van der Waals surface area (Å²) >= 11 is 0. The molecule has 1 aromatic heterocycles. The number of nitrogens with zero attached hydrogens (tertiary/aromatic N) is 1. The van der Waals surface area contributed by atoms with Gasteiger partial charge < -0.3 is 10.6 Å². The Kier molecular flexibility index (Phi) is 4.09. The quantitative estimate of drug-likeness (QED) is 0.788. The van der Waals surface area contributed by atoms with Crippen LogP contribution < -0.4 is 10.6 Å². The number of carbonyl (C=O) groups excluding carboxylic acids is 1. The minimum absolute atomic E-state index is 0.0427. The normalized spacial score (nSPS) is 9.80. The Morgan fingerprint density at radius 1 is 1.47 bits per heavy atom. The van der Waals surface area contributed by atoms with Crippen molar-refractivity contribution in [3.05, 3.63) is 23.4 Å². The SMILES string of the molecule is CCCNC(=O)c1cc(C)nc(NC)c1. The van der Waals surface area contributed by atoms with Gasteiger partial charge in [-0.25, -0.2) is 4.98 Å². The molecule has 0 saturated heterocycles. The van der Waals surface area contributed by atoms with Crippen LogP contribution in [0.15, 0.2) is 12.1 Å². The predicted molar refractivity (Wildman–Crippen MR) is 61.1 cm³/mol. The van der Waals surface area contributed by atoms with Crippen LogP contribution >= 0.6 is 0 Å². The Bertz CT molecular complexity index is 350. The first-order valence-corrected chi connectivity index (χ1v) is 5.12. The lowest BCUT2D eigenvalue weighted by molar-refractivity contribution is 0.0953. The van der Waals surface area contributed by atoms with Gasteiger partial charge in [0.2, 0.25) is 0 Å². The molecule has 1 heterocycles. The Morgan fingerprint density at radius 3 is 2.80 bits per heavy atom. The van der Waals surface area contributed by atoms with Crippen molar-refractivity contribution in [3.63, 3.8) is 0 Å². The second-order valence-electron chi connectivity index (χ2n) is 3.39. The number of amides is 1. The highest BCUT2D eigenvalue weighted by Gasteiger charge is 2.06. The number of aromatic nitrogens is 1. The van der Waals surface area contributed by atoms with Crippen molar-refractivity contribution in [1.82, 2.24) is 10.3 Å². The number of nitrogens with one attached hydrogen (secondary N) is 2. The zero-order valence-electron chi connectivity index (χ0n) is 9.42. The molecule has 1 aromatic rings. The summed E-state index contributed by atoms with van der Waals surface area (Å²) in [4.78, 5) is 15.9. The second kappa shape index (κ2) is 5.34. The van der Waals surface area contributed by atoms with E-state index in [0.29, 0.717) is 12.1 Å². The summed E-state index contributed by atoms with van der Waals surface area (Å²) in [6, 6.07) is 3.53. The van der Waals surface area contributed by atoms with Gasteiger partial charge in [0.05, 0.1) is 0 Å². The van der Waals surface area contributed by atoms with Crippen LogP contribution in [0.25, 0.3) is 0 Å². The number of hydrogen-bond donors (Lipinski definition) is 2. The average molecular weight is 207 g/mol. The summed E-state index contributed by atoms with van der Waals surface area (Å²) in [5.41, 5.74) is 1.49. The fourth-order valence-corrected chi connectivity index (χ4v) is 1.27. The van der Waals surface area contributed by atoms with E-state index in [1.54, 1.807) is 19.2 Å². The van der Waals surface area contributed by atoms with Gasteiger partial charge in [-0.3, -0.25) is 4.79 Å². The third kappa shape index (κ3) is 3.23. The monoisotopic (exact) mass is 207 g/mol. The molecular weight excluding hydrogens is 190 g/mol. The highest BCUT2D eigenvalue weighted by Crippen LogP contribution is 2.09. The summed E-state index contributed by atoms with van der Waals surface area (Å²) in [5, 5.41) is 5.76. The number of anilines is 1. The van der Waals surface area contributed by atoms with Crippen LogP contribution in [0.1, 0.15) is 29.4 Å². The van der Waals surface area contributed by atoms with E-state index in [1.807, 2.05) is 13.8 Å². The van der Waals surface area contributed by atoms with E-state index in [9.17, 15) is 4.79 Å². The van der Waals surface area contributed by atoms with Crippen LogP contribution in [0.2, 0.25) is 0 Å². The lowest BCUT2D eigenvalue weighted by Gasteiger charge is -2.06. The number of pyridine rings is 1. The van der Waals surface area contributed by atoms with Gasteiger partial charge in [-0.1, -0.05) is 6.92 Å². The molecule has 0 saturated carbocycles. The minimum atomic E-state index is -0.0427. The highest BCUT2D eigenvalue weighted by atomic mass is 16.1. The van der Waals surface area contributed by atoms with E-state index in [-0.39, 0.29) is 5.91 Å². The Morgan fingerprint density at radius 2 is 2.20 bits per heavy atom. The molecule has 1 amide bonds. The van der Waals surface area contributed by atoms with Gasteiger partial charge in [0, 0.05) is 24.8 Å². The van der Waals surface area contributed by atoms with E-state index in [2.05, 4.69) is 15.6 Å². The molecule has 0 aromatic carbocycles. The second-order valence-corrected chi connectivity index (χ2v) is 3.39. The van der Waals surface area contributed by atoms with Crippen LogP contribution in [-0.2, 0) is 0 Å². The van der Waals surface area contributed by atoms with Gasteiger partial charge in [0.1, 0.15) is 5.82 Å². The summed E-state index contributed by atoms with van der Waals surface area (Å²) in [7, 11) is 1.79. The highest BCUT2D eigenvalue weighted by molar-refractivity contribution is 5.94. The minimum Gasteiger partial charge on any atom is -0.373 e. The fourth-order valence-electron chi connectivity index (χ4n) is 1.27. The van der Waals surface area contributed by atoms with Gasteiger partial charge in [-0.05, 0) is 25.5 Å². The molecule has 0 radical (unpaired) electrons. The van der Waals surface area contributed by atoms with Gasteiger partial charge in [-0.2, -0.15) is 0 Å². The Labute approximate surface area is 90.1 Å². The molecular formula is C11H17N3O. The molecule has 15 heavy (non-hydrogen) atoms. The first-order chi connectivity index (χ1) is 7.17. The van der Waals surface area contributed by atoms with E-state index < -0.39 is 0 Å². The van der Waals surface area contributed by atoms with Crippen molar-refractivity contribution in [2.75, 3.05) is 18.9 Å². The first kappa shape index (κ1) is 11.5. The fraction of sp³-hybridized carbons (Fsp3) is 0.455. The van der Waals surface area contributed by atoms with Crippen molar-refractivity contribution in [3.8, 4) is 0 Å². The molecule has 0 fully saturated rings. The average Bonchev–Trinajstić information content (AvgIpc) is 2.24. The zero-order valence-corrected chi connectivity index (χ0v) is 9.42. The zero-order chi connectivity index (χ0) is 11.3. The number of carbonyl (C=O) groups is 1. The third-order valence-electron chi connectivity index (χ3n) is 2.01. The van der Waals surface area contributed by atoms with Crippen LogP contribution in [0.3, 0.4) is 0 Å². The van der Waals surface area contributed by atoms with Crippen molar-refractivity contribution >= 4 is 11.7 Å². The maximum Gasteiger partial charge on any atom is 0.251 e. The molecule has 4 heteroatoms. The van der Waals surface area contributed by atoms with Crippen LogP contribution in [0, 0.1) is 6.92 Å². The summed E-state index contributed by atoms with van der Waals surface area (Å²) < 4.78 is 0. The molecule has 0 atom stereocenters. The molecule has 2 N–H and O–H groups in total. The molecule has 82 valence electrons. The topological polar surface area (TPSA) is 54.0 Å². The van der Waals surface area contributed by atoms with Crippen LogP contribution in [0.4, 0.5) is 5.82 Å². The summed E-state index contributed by atoms with van der Waals surface area (Å²) in [6.07, 6.45) is 0.939. The summed E-state index contributed by atoms with van der Waals surface area (Å²) in [6.45, 7) is 4.60. The van der Waals surface area contributed by atoms with E-state index in [1.165, 1.54) is 0 Å².